The molecule has 0 saturated heterocycles. The topological polar surface area (TPSA) is 59.8 Å². The molecular formula is C18H30N4OS. The zero-order valence-electron chi connectivity index (χ0n) is 15.1. The molecule has 1 fully saturated rings. The maximum Gasteiger partial charge on any atom is 0.233 e. The third-order valence-electron chi connectivity index (χ3n) is 5.76. The summed E-state index contributed by atoms with van der Waals surface area (Å²) in [6.45, 7) is 7.53. The Balaban J connectivity index is 1.59. The number of fused-ring (bicyclic) bond motifs is 1. The van der Waals surface area contributed by atoms with Gasteiger partial charge in [0.2, 0.25) is 5.91 Å². The predicted molar refractivity (Wildman–Crippen MR) is 97.0 cm³/mol. The summed E-state index contributed by atoms with van der Waals surface area (Å²) in [7, 11) is 0. The van der Waals surface area contributed by atoms with E-state index in [0.29, 0.717) is 17.9 Å². The summed E-state index contributed by atoms with van der Waals surface area (Å²) < 4.78 is 2.22. The Labute approximate surface area is 149 Å². The fraction of sp³-hybridized carbons (Fsp3) is 0.833. The number of hydrogen-bond donors (Lipinski definition) is 1. The molecule has 0 unspecified atom stereocenters. The fourth-order valence-electron chi connectivity index (χ4n) is 3.84. The van der Waals surface area contributed by atoms with Crippen molar-refractivity contribution in [1.29, 1.82) is 0 Å². The molecule has 1 aliphatic carbocycles. The molecule has 0 radical (unpaired) electrons. The van der Waals surface area contributed by atoms with Gasteiger partial charge in [-0.25, -0.2) is 0 Å². The average molecular weight is 351 g/mol. The monoisotopic (exact) mass is 350 g/mol. The van der Waals surface area contributed by atoms with E-state index in [2.05, 4.69) is 33.9 Å². The molecule has 1 N–H and O–H groups in total. The van der Waals surface area contributed by atoms with Crippen LogP contribution in [0.5, 0.6) is 0 Å². The molecule has 0 aromatic carbocycles. The van der Waals surface area contributed by atoms with E-state index in [1.54, 1.807) is 11.8 Å². The highest BCUT2D eigenvalue weighted by Crippen LogP contribution is 2.30. The second kappa shape index (κ2) is 7.89. The van der Waals surface area contributed by atoms with E-state index in [4.69, 9.17) is 0 Å². The summed E-state index contributed by atoms with van der Waals surface area (Å²) in [5.41, 5.74) is 0. The molecule has 0 bridgehead atoms. The van der Waals surface area contributed by atoms with Gasteiger partial charge in [-0.1, -0.05) is 44.9 Å². The van der Waals surface area contributed by atoms with Crippen molar-refractivity contribution in [3.63, 3.8) is 0 Å². The van der Waals surface area contributed by atoms with Crippen molar-refractivity contribution in [2.24, 2.45) is 11.8 Å². The van der Waals surface area contributed by atoms with E-state index >= 15 is 0 Å². The number of amides is 1. The number of hydrogen-bond acceptors (Lipinski definition) is 4. The van der Waals surface area contributed by atoms with Crippen LogP contribution in [-0.4, -0.2) is 32.0 Å². The highest BCUT2D eigenvalue weighted by Gasteiger charge is 2.30. The number of nitrogens with one attached hydrogen (secondary N) is 1. The second-order valence-corrected chi connectivity index (χ2v) is 8.81. The molecule has 5 nitrogen and oxygen atoms in total. The van der Waals surface area contributed by atoms with E-state index in [0.717, 1.165) is 30.4 Å². The zero-order valence-corrected chi connectivity index (χ0v) is 15.9. The van der Waals surface area contributed by atoms with Gasteiger partial charge in [0.05, 0.1) is 5.25 Å². The Morgan fingerprint density at radius 3 is 2.88 bits per heavy atom. The fourth-order valence-corrected chi connectivity index (χ4v) is 4.75. The van der Waals surface area contributed by atoms with E-state index < -0.39 is 0 Å². The van der Waals surface area contributed by atoms with E-state index in [-0.39, 0.29) is 11.2 Å². The highest BCUT2D eigenvalue weighted by atomic mass is 32.2. The van der Waals surface area contributed by atoms with E-state index in [1.807, 2.05) is 6.92 Å². The first-order chi connectivity index (χ1) is 11.6. The molecule has 2 heterocycles. The standard InChI is InChI=1S/C18H30N4OS/c1-12-8-7-9-15(13(12)2)19-17(23)14(3)24-18-21-20-16-10-5-4-6-11-22(16)18/h12-15H,4-11H2,1-3H3,(H,19,23)/t12-,13+,14+,15-/m1/s1. The smallest absolute Gasteiger partial charge is 0.233 e. The molecule has 4 atom stereocenters. The third kappa shape index (κ3) is 3.95. The second-order valence-electron chi connectivity index (χ2n) is 7.50. The Morgan fingerprint density at radius 1 is 1.21 bits per heavy atom. The molecule has 24 heavy (non-hydrogen) atoms. The van der Waals surface area contributed by atoms with Crippen LogP contribution < -0.4 is 5.32 Å². The van der Waals surface area contributed by atoms with Crippen LogP contribution in [0.15, 0.2) is 5.16 Å². The average Bonchev–Trinajstić information content (AvgIpc) is 2.79. The van der Waals surface area contributed by atoms with Crippen molar-refractivity contribution in [3.05, 3.63) is 5.82 Å². The summed E-state index contributed by atoms with van der Waals surface area (Å²) >= 11 is 1.55. The van der Waals surface area contributed by atoms with Gasteiger partial charge in [0, 0.05) is 19.0 Å². The van der Waals surface area contributed by atoms with Crippen molar-refractivity contribution in [2.75, 3.05) is 0 Å². The SMILES string of the molecule is C[C@H]1[C@H](C)CCC[C@H]1NC(=O)[C@H](C)Sc1nnc2n1CCCCC2. The Morgan fingerprint density at radius 2 is 2.04 bits per heavy atom. The first kappa shape index (κ1) is 17.8. The number of aryl methyl sites for hydroxylation is 1. The number of nitrogens with zero attached hydrogens (tertiary/aromatic N) is 3. The van der Waals surface area contributed by atoms with E-state index in [1.165, 1.54) is 32.1 Å². The van der Waals surface area contributed by atoms with Gasteiger partial charge in [-0.05, 0) is 38.0 Å². The van der Waals surface area contributed by atoms with Gasteiger partial charge in [-0.2, -0.15) is 0 Å². The van der Waals surface area contributed by atoms with Gasteiger partial charge >= 0.3 is 0 Å². The van der Waals surface area contributed by atoms with Crippen molar-refractivity contribution in [1.82, 2.24) is 20.1 Å². The normalized spacial score (nSPS) is 28.7. The van der Waals surface area contributed by atoms with Gasteiger partial charge < -0.3 is 9.88 Å². The molecule has 1 aromatic heterocycles. The van der Waals surface area contributed by atoms with Crippen molar-refractivity contribution in [3.8, 4) is 0 Å². The minimum atomic E-state index is -0.133. The zero-order chi connectivity index (χ0) is 17.1. The molecule has 1 amide bonds. The van der Waals surface area contributed by atoms with Crippen LogP contribution in [0.25, 0.3) is 0 Å². The summed E-state index contributed by atoms with van der Waals surface area (Å²) in [4.78, 5) is 12.6. The summed E-state index contributed by atoms with van der Waals surface area (Å²) in [5, 5.41) is 12.7. The lowest BCUT2D eigenvalue weighted by atomic mass is 9.78. The highest BCUT2D eigenvalue weighted by molar-refractivity contribution is 8.00. The summed E-state index contributed by atoms with van der Waals surface area (Å²) in [6.07, 6.45) is 8.23. The summed E-state index contributed by atoms with van der Waals surface area (Å²) in [5.74, 6) is 2.47. The molecule has 1 aromatic rings. The van der Waals surface area contributed by atoms with Gasteiger partial charge in [-0.3, -0.25) is 4.79 Å². The van der Waals surface area contributed by atoms with Crippen LogP contribution in [0, 0.1) is 11.8 Å². The van der Waals surface area contributed by atoms with E-state index in [9.17, 15) is 4.79 Å². The Kier molecular flexibility index (Phi) is 5.85. The number of thioether (sulfide) groups is 1. The number of rotatable bonds is 4. The maximum atomic E-state index is 12.6. The van der Waals surface area contributed by atoms with Gasteiger partial charge in [-0.15, -0.1) is 10.2 Å². The largest absolute Gasteiger partial charge is 0.352 e. The number of carbonyl (C=O) groups is 1. The first-order valence-corrected chi connectivity index (χ1v) is 10.3. The lowest BCUT2D eigenvalue weighted by molar-refractivity contribution is -0.121. The molecule has 134 valence electrons. The van der Waals surface area contributed by atoms with Crippen molar-refractivity contribution in [2.45, 2.75) is 88.7 Å². The van der Waals surface area contributed by atoms with Gasteiger partial charge in [0.25, 0.3) is 0 Å². The van der Waals surface area contributed by atoms with Crippen LogP contribution in [0.4, 0.5) is 0 Å². The van der Waals surface area contributed by atoms with Crippen molar-refractivity contribution >= 4 is 17.7 Å². The van der Waals surface area contributed by atoms with Crippen LogP contribution in [-0.2, 0) is 17.8 Å². The van der Waals surface area contributed by atoms with Crippen molar-refractivity contribution < 1.29 is 4.79 Å². The quantitative estimate of drug-likeness (QED) is 0.845. The first-order valence-electron chi connectivity index (χ1n) is 9.45. The lowest BCUT2D eigenvalue weighted by Gasteiger charge is -2.35. The molecule has 1 saturated carbocycles. The third-order valence-corrected chi connectivity index (χ3v) is 6.84. The summed E-state index contributed by atoms with van der Waals surface area (Å²) in [6, 6.07) is 0.319. The molecular weight excluding hydrogens is 320 g/mol. The van der Waals surface area contributed by atoms with Crippen LogP contribution in [0.1, 0.15) is 65.1 Å². The number of carbonyl (C=O) groups excluding carboxylic acids is 1. The molecule has 2 aliphatic rings. The minimum Gasteiger partial charge on any atom is -0.352 e. The molecule has 0 spiro atoms. The van der Waals surface area contributed by atoms with Crippen LogP contribution in [0.2, 0.25) is 0 Å². The Bertz CT molecular complexity index is 573. The lowest BCUT2D eigenvalue weighted by Crippen LogP contribution is -2.46. The Hall–Kier alpha value is -1.04. The van der Waals surface area contributed by atoms with Gasteiger partial charge in [0.1, 0.15) is 5.82 Å². The van der Waals surface area contributed by atoms with Crippen LogP contribution >= 0.6 is 11.8 Å². The molecule has 6 heteroatoms. The van der Waals surface area contributed by atoms with Crippen LogP contribution in [0.3, 0.4) is 0 Å². The molecule has 1 aliphatic heterocycles. The number of aromatic nitrogens is 3. The predicted octanol–water partition coefficient (Wildman–Crippen LogP) is 3.43. The van der Waals surface area contributed by atoms with Gasteiger partial charge in [0.15, 0.2) is 5.16 Å². The maximum absolute atomic E-state index is 12.6. The minimum absolute atomic E-state index is 0.133. The molecule has 3 rings (SSSR count).